The molecule has 1 aliphatic heterocycles. The van der Waals surface area contributed by atoms with Crippen molar-refractivity contribution < 1.29 is 23.1 Å². The van der Waals surface area contributed by atoms with E-state index in [1.807, 2.05) is 0 Å². The number of rotatable bonds is 3. The largest absolute Gasteiger partial charge is 0.480 e. The van der Waals surface area contributed by atoms with E-state index in [-0.39, 0.29) is 10.8 Å². The van der Waals surface area contributed by atoms with Crippen molar-refractivity contribution in [1.82, 2.24) is 9.62 Å². The van der Waals surface area contributed by atoms with Crippen molar-refractivity contribution in [2.75, 3.05) is 13.1 Å². The minimum Gasteiger partial charge on any atom is -0.480 e. The third-order valence-corrected chi connectivity index (χ3v) is 7.05. The van der Waals surface area contributed by atoms with Gasteiger partial charge in [-0.25, -0.2) is 8.42 Å². The molecular weight excluding hydrogens is 360 g/mol. The molecular formula is C9H9BrN2O5S2. The van der Waals surface area contributed by atoms with Gasteiger partial charge in [0.05, 0.1) is 6.54 Å². The van der Waals surface area contributed by atoms with Gasteiger partial charge < -0.3 is 10.4 Å². The molecule has 1 amide bonds. The molecule has 0 spiro atoms. The van der Waals surface area contributed by atoms with Crippen LogP contribution < -0.4 is 5.32 Å². The molecule has 0 bridgehead atoms. The van der Waals surface area contributed by atoms with Crippen molar-refractivity contribution in [2.24, 2.45) is 0 Å². The maximum atomic E-state index is 12.4. The van der Waals surface area contributed by atoms with Gasteiger partial charge in [0.15, 0.2) is 0 Å². The van der Waals surface area contributed by atoms with Crippen LogP contribution in [0.2, 0.25) is 0 Å². The Morgan fingerprint density at radius 2 is 2.26 bits per heavy atom. The van der Waals surface area contributed by atoms with Crippen molar-refractivity contribution in [2.45, 2.75) is 10.3 Å². The standard InChI is InChI=1S/C9H9BrN2O5S2/c10-5-1-2-18-9(5)19(16,17)12-4-7(13)11-3-6(12)8(14)15/h1-2,6H,3-4H2,(H,11,13)(H,14,15). The highest BCUT2D eigenvalue weighted by molar-refractivity contribution is 9.10. The Hall–Kier alpha value is -0.970. The Labute approximate surface area is 121 Å². The van der Waals surface area contributed by atoms with E-state index in [9.17, 15) is 18.0 Å². The smallest absolute Gasteiger partial charge is 0.323 e. The lowest BCUT2D eigenvalue weighted by Crippen LogP contribution is -2.59. The summed E-state index contributed by atoms with van der Waals surface area (Å²) in [4.78, 5) is 22.4. The van der Waals surface area contributed by atoms with E-state index in [0.29, 0.717) is 8.78 Å². The van der Waals surface area contributed by atoms with Gasteiger partial charge in [-0.15, -0.1) is 11.3 Å². The van der Waals surface area contributed by atoms with Crippen LogP contribution in [0.1, 0.15) is 0 Å². The lowest BCUT2D eigenvalue weighted by molar-refractivity contribution is -0.143. The second kappa shape index (κ2) is 5.19. The van der Waals surface area contributed by atoms with Crippen LogP contribution in [0.25, 0.3) is 0 Å². The van der Waals surface area contributed by atoms with Crippen LogP contribution in [0.3, 0.4) is 0 Å². The van der Waals surface area contributed by atoms with Gasteiger partial charge in [-0.05, 0) is 27.4 Å². The first-order chi connectivity index (χ1) is 8.84. The van der Waals surface area contributed by atoms with Crippen molar-refractivity contribution in [3.63, 3.8) is 0 Å². The summed E-state index contributed by atoms with van der Waals surface area (Å²) in [5, 5.41) is 13.0. The van der Waals surface area contributed by atoms with Gasteiger partial charge in [-0.2, -0.15) is 4.31 Å². The molecule has 1 atom stereocenters. The SMILES string of the molecule is O=C1CN(S(=O)(=O)c2sccc2Br)C(C(=O)O)CN1. The molecule has 1 aromatic rings. The molecule has 104 valence electrons. The Kier molecular flexibility index (Phi) is 3.95. The number of thiophene rings is 1. The van der Waals surface area contributed by atoms with Crippen LogP contribution in [0.4, 0.5) is 0 Å². The molecule has 0 saturated carbocycles. The molecule has 0 radical (unpaired) electrons. The fourth-order valence-electron chi connectivity index (χ4n) is 1.65. The third kappa shape index (κ3) is 2.66. The summed E-state index contributed by atoms with van der Waals surface area (Å²) in [7, 11) is -4.01. The first-order valence-electron chi connectivity index (χ1n) is 5.08. The molecule has 2 rings (SSSR count). The summed E-state index contributed by atoms with van der Waals surface area (Å²) in [6.45, 7) is -0.736. The van der Waals surface area contributed by atoms with Crippen LogP contribution in [-0.4, -0.2) is 48.8 Å². The highest BCUT2D eigenvalue weighted by atomic mass is 79.9. The fourth-order valence-corrected chi connectivity index (χ4v) is 5.62. The molecule has 7 nitrogen and oxygen atoms in total. The van der Waals surface area contributed by atoms with E-state index < -0.39 is 34.5 Å². The third-order valence-electron chi connectivity index (χ3n) is 2.55. The number of sulfonamides is 1. The molecule has 0 aromatic carbocycles. The molecule has 0 aliphatic carbocycles. The number of piperazine rings is 1. The summed E-state index contributed by atoms with van der Waals surface area (Å²) >= 11 is 4.06. The molecule has 1 aliphatic rings. The number of nitrogens with zero attached hydrogens (tertiary/aromatic N) is 1. The Balaban J connectivity index is 2.44. The molecule has 1 unspecified atom stereocenters. The summed E-state index contributed by atoms with van der Waals surface area (Å²) < 4.78 is 25.8. The number of hydrogen-bond donors (Lipinski definition) is 2. The second-order valence-corrected chi connectivity index (χ2v) is 7.62. The van der Waals surface area contributed by atoms with E-state index in [0.717, 1.165) is 11.3 Å². The molecule has 2 heterocycles. The van der Waals surface area contributed by atoms with Crippen LogP contribution >= 0.6 is 27.3 Å². The number of carbonyl (C=O) groups excluding carboxylic acids is 1. The summed E-state index contributed by atoms with van der Waals surface area (Å²) in [5.41, 5.74) is 0. The second-order valence-electron chi connectivity index (χ2n) is 3.76. The molecule has 1 fully saturated rings. The number of halogens is 1. The van der Waals surface area contributed by atoms with Gasteiger partial charge in [0.25, 0.3) is 10.0 Å². The number of carboxylic acid groups (broad SMARTS) is 1. The van der Waals surface area contributed by atoms with Gasteiger partial charge in [-0.1, -0.05) is 0 Å². The minimum absolute atomic E-state index is 0.00606. The summed E-state index contributed by atoms with van der Waals surface area (Å²) in [5.74, 6) is -1.81. The molecule has 19 heavy (non-hydrogen) atoms. The highest BCUT2D eigenvalue weighted by Crippen LogP contribution is 2.31. The number of carbonyl (C=O) groups is 2. The predicted octanol–water partition coefficient (Wildman–Crippen LogP) is 0.0843. The maximum Gasteiger partial charge on any atom is 0.323 e. The summed E-state index contributed by atoms with van der Waals surface area (Å²) in [6, 6.07) is 0.258. The molecule has 1 aromatic heterocycles. The molecule has 10 heteroatoms. The van der Waals surface area contributed by atoms with E-state index in [1.165, 1.54) is 0 Å². The lowest BCUT2D eigenvalue weighted by Gasteiger charge is -2.31. The zero-order valence-corrected chi connectivity index (χ0v) is 12.6. The number of aliphatic carboxylic acids is 1. The topological polar surface area (TPSA) is 104 Å². The van der Waals surface area contributed by atoms with Crippen molar-refractivity contribution >= 4 is 49.2 Å². The monoisotopic (exact) mass is 368 g/mol. The Morgan fingerprint density at radius 1 is 1.58 bits per heavy atom. The fraction of sp³-hybridized carbons (Fsp3) is 0.333. The van der Waals surface area contributed by atoms with Crippen molar-refractivity contribution in [1.29, 1.82) is 0 Å². The van der Waals surface area contributed by atoms with Crippen LogP contribution in [0.5, 0.6) is 0 Å². The molecule has 1 saturated heterocycles. The normalized spacial score (nSPS) is 21.1. The first-order valence-corrected chi connectivity index (χ1v) is 8.19. The quantitative estimate of drug-likeness (QED) is 0.786. The van der Waals surface area contributed by atoms with Crippen LogP contribution in [0, 0.1) is 0 Å². The zero-order valence-electron chi connectivity index (χ0n) is 9.37. The van der Waals surface area contributed by atoms with Crippen LogP contribution in [-0.2, 0) is 19.6 Å². The van der Waals surface area contributed by atoms with E-state index in [1.54, 1.807) is 11.4 Å². The Morgan fingerprint density at radius 3 is 2.79 bits per heavy atom. The van der Waals surface area contributed by atoms with Gasteiger partial charge in [0.1, 0.15) is 10.3 Å². The van der Waals surface area contributed by atoms with Crippen molar-refractivity contribution in [3.8, 4) is 0 Å². The van der Waals surface area contributed by atoms with Crippen molar-refractivity contribution in [3.05, 3.63) is 15.9 Å². The van der Waals surface area contributed by atoms with Gasteiger partial charge in [-0.3, -0.25) is 9.59 Å². The number of hydrogen-bond acceptors (Lipinski definition) is 5. The van der Waals surface area contributed by atoms with Gasteiger partial charge >= 0.3 is 5.97 Å². The minimum atomic E-state index is -4.01. The summed E-state index contributed by atoms with van der Waals surface area (Å²) in [6.07, 6.45) is 0. The van der Waals surface area contributed by atoms with E-state index in [4.69, 9.17) is 5.11 Å². The average molecular weight is 369 g/mol. The predicted molar refractivity (Wildman–Crippen MR) is 70.3 cm³/mol. The first kappa shape index (κ1) is 14.4. The maximum absolute atomic E-state index is 12.4. The van der Waals surface area contributed by atoms with Gasteiger partial charge in [0, 0.05) is 11.0 Å². The highest BCUT2D eigenvalue weighted by Gasteiger charge is 2.41. The number of amides is 1. The zero-order chi connectivity index (χ0) is 14.2. The Bertz CT molecular complexity index is 626. The van der Waals surface area contributed by atoms with Gasteiger partial charge in [0.2, 0.25) is 5.91 Å². The van der Waals surface area contributed by atoms with E-state index >= 15 is 0 Å². The number of carboxylic acids is 1. The number of nitrogens with one attached hydrogen (secondary N) is 1. The van der Waals surface area contributed by atoms with E-state index in [2.05, 4.69) is 21.2 Å². The average Bonchev–Trinajstić information content (AvgIpc) is 2.75. The van der Waals surface area contributed by atoms with Crippen LogP contribution in [0.15, 0.2) is 20.1 Å². The molecule has 2 N–H and O–H groups in total. The lowest BCUT2D eigenvalue weighted by atomic mass is 10.2.